The number of ether oxygens (including phenoxy) is 1. The molecule has 0 unspecified atom stereocenters. The Bertz CT molecular complexity index is 1440. The molecule has 0 amide bonds. The number of nitrogens with zero attached hydrogens (tertiary/aromatic N) is 5. The molecule has 9 heteroatoms. The van der Waals surface area contributed by atoms with E-state index in [1.807, 2.05) is 30.9 Å². The molecule has 1 atom stereocenters. The molecule has 2 bridgehead atoms. The van der Waals surface area contributed by atoms with E-state index in [4.69, 9.17) is 26.4 Å². The summed E-state index contributed by atoms with van der Waals surface area (Å²) in [6, 6.07) is 6.59. The third-order valence-corrected chi connectivity index (χ3v) is 7.17. The van der Waals surface area contributed by atoms with Gasteiger partial charge in [0, 0.05) is 60.2 Å². The normalized spacial score (nSPS) is 17.3. The number of aryl methyl sites for hydroxylation is 1. The van der Waals surface area contributed by atoms with Crippen LogP contribution in [0.15, 0.2) is 36.7 Å². The monoisotopic (exact) mass is 473 g/mol. The van der Waals surface area contributed by atoms with E-state index < -0.39 is 6.10 Å². The fourth-order valence-corrected chi connectivity index (χ4v) is 5.17. The number of nitrogen functional groups attached to an aromatic ring is 2. The molecule has 1 saturated carbocycles. The maximum absolute atomic E-state index is 14.3. The number of nitrogens with two attached hydrogens (primary N) is 2. The molecule has 0 saturated heterocycles. The van der Waals surface area contributed by atoms with E-state index in [1.54, 1.807) is 16.9 Å². The van der Waals surface area contributed by atoms with Gasteiger partial charge in [0.25, 0.3) is 0 Å². The summed E-state index contributed by atoms with van der Waals surface area (Å²) in [4.78, 5) is 4.43. The fourth-order valence-electron chi connectivity index (χ4n) is 5.17. The standard InChI is InChI=1S/C26H28FN7O/c1-14-20-10-18(27)6-7-19(20)23-17(13-33(2)31-23)8-21-24(16-9-22(35-14)26(29)30-11-16)34(32-25(21)28)12-15-4-3-5-15/h6-7,9-11,13-15H,3-5,8,12H2,1-2H3,(H2,28,32)(H2,29,30)/t14-/m1/s1. The van der Waals surface area contributed by atoms with Gasteiger partial charge in [-0.2, -0.15) is 10.2 Å². The topological polar surface area (TPSA) is 110 Å². The molecule has 3 aromatic heterocycles. The summed E-state index contributed by atoms with van der Waals surface area (Å²) < 4.78 is 24.4. The van der Waals surface area contributed by atoms with Gasteiger partial charge in [0.15, 0.2) is 11.6 Å². The molecule has 0 spiro atoms. The van der Waals surface area contributed by atoms with Crippen LogP contribution in [0.5, 0.6) is 5.75 Å². The van der Waals surface area contributed by atoms with Crippen molar-refractivity contribution in [2.75, 3.05) is 11.5 Å². The van der Waals surface area contributed by atoms with Gasteiger partial charge in [0.2, 0.25) is 0 Å². The van der Waals surface area contributed by atoms with Gasteiger partial charge in [-0.25, -0.2) is 9.37 Å². The highest BCUT2D eigenvalue weighted by Crippen LogP contribution is 2.40. The highest BCUT2D eigenvalue weighted by Gasteiger charge is 2.27. The highest BCUT2D eigenvalue weighted by molar-refractivity contribution is 5.74. The van der Waals surface area contributed by atoms with E-state index in [0.717, 1.165) is 40.2 Å². The lowest BCUT2D eigenvalue weighted by Crippen LogP contribution is -2.19. The number of pyridine rings is 1. The molecule has 8 nitrogen and oxygen atoms in total. The second-order valence-corrected chi connectivity index (χ2v) is 9.64. The molecule has 0 radical (unpaired) electrons. The SMILES string of the molecule is C[C@H]1Oc2cc(cnc2N)-c2c(c(N)nn2CC2CCC2)Cc2cn(C)nc2-c2ccc(F)cc21. The zero-order chi connectivity index (χ0) is 24.3. The average Bonchev–Trinajstić information content (AvgIpc) is 3.31. The first-order valence-electron chi connectivity index (χ1n) is 12.0. The molecule has 4 N–H and O–H groups in total. The molecule has 6 rings (SSSR count). The van der Waals surface area contributed by atoms with Crippen molar-refractivity contribution >= 4 is 11.6 Å². The second kappa shape index (κ2) is 8.11. The third kappa shape index (κ3) is 3.71. The Morgan fingerprint density at radius 1 is 1.14 bits per heavy atom. The van der Waals surface area contributed by atoms with Gasteiger partial charge in [-0.05, 0) is 49.9 Å². The minimum atomic E-state index is -0.487. The third-order valence-electron chi connectivity index (χ3n) is 7.17. The van der Waals surface area contributed by atoms with Gasteiger partial charge < -0.3 is 16.2 Å². The first-order valence-corrected chi connectivity index (χ1v) is 12.0. The number of halogens is 1. The Labute approximate surface area is 202 Å². The Morgan fingerprint density at radius 3 is 2.74 bits per heavy atom. The van der Waals surface area contributed by atoms with E-state index in [0.29, 0.717) is 29.5 Å². The van der Waals surface area contributed by atoms with Crippen molar-refractivity contribution in [3.05, 3.63) is 59.2 Å². The number of rotatable bonds is 2. The van der Waals surface area contributed by atoms with E-state index >= 15 is 0 Å². The smallest absolute Gasteiger partial charge is 0.166 e. The van der Waals surface area contributed by atoms with E-state index in [1.165, 1.54) is 31.4 Å². The summed E-state index contributed by atoms with van der Waals surface area (Å²) in [5.74, 6) is 1.44. The minimum absolute atomic E-state index is 0.272. The average molecular weight is 474 g/mol. The summed E-state index contributed by atoms with van der Waals surface area (Å²) >= 11 is 0. The first-order chi connectivity index (χ1) is 16.9. The maximum Gasteiger partial charge on any atom is 0.166 e. The summed E-state index contributed by atoms with van der Waals surface area (Å²) in [5, 5.41) is 9.49. The largest absolute Gasteiger partial charge is 0.482 e. The first kappa shape index (κ1) is 21.6. The molecule has 35 heavy (non-hydrogen) atoms. The fraction of sp³-hybridized carbons (Fsp3) is 0.346. The van der Waals surface area contributed by atoms with Gasteiger partial charge >= 0.3 is 0 Å². The molecule has 4 aromatic rings. The predicted octanol–water partition coefficient (Wildman–Crippen LogP) is 4.49. The van der Waals surface area contributed by atoms with Gasteiger partial charge in [-0.3, -0.25) is 9.36 Å². The minimum Gasteiger partial charge on any atom is -0.482 e. The van der Waals surface area contributed by atoms with Crippen molar-refractivity contribution in [1.29, 1.82) is 0 Å². The number of hydrogen-bond acceptors (Lipinski definition) is 6. The van der Waals surface area contributed by atoms with Crippen molar-refractivity contribution in [2.45, 2.75) is 45.3 Å². The number of benzene rings is 1. The predicted molar refractivity (Wildman–Crippen MR) is 132 cm³/mol. The van der Waals surface area contributed by atoms with Crippen LogP contribution in [0.3, 0.4) is 0 Å². The quantitative estimate of drug-likeness (QED) is 0.444. The van der Waals surface area contributed by atoms with Crippen LogP contribution < -0.4 is 16.2 Å². The molecular formula is C26H28FN7O. The lowest BCUT2D eigenvalue weighted by Gasteiger charge is -2.26. The number of hydrogen-bond donors (Lipinski definition) is 2. The molecule has 180 valence electrons. The zero-order valence-corrected chi connectivity index (χ0v) is 19.8. The number of anilines is 2. The Morgan fingerprint density at radius 2 is 1.97 bits per heavy atom. The van der Waals surface area contributed by atoms with E-state index in [2.05, 4.69) is 4.98 Å². The van der Waals surface area contributed by atoms with Crippen LogP contribution in [0, 0.1) is 11.7 Å². The zero-order valence-electron chi connectivity index (χ0n) is 19.8. The van der Waals surface area contributed by atoms with Crippen molar-refractivity contribution in [3.63, 3.8) is 0 Å². The van der Waals surface area contributed by atoms with Crippen LogP contribution in [0.1, 0.15) is 49.0 Å². The Balaban J connectivity index is 1.60. The summed E-state index contributed by atoms with van der Waals surface area (Å²) in [7, 11) is 1.88. The molecule has 1 aromatic carbocycles. The Kier molecular flexibility index (Phi) is 5.01. The molecule has 1 fully saturated rings. The lowest BCUT2D eigenvalue weighted by atomic mass is 9.85. The van der Waals surface area contributed by atoms with E-state index in [9.17, 15) is 4.39 Å². The van der Waals surface area contributed by atoms with Crippen LogP contribution in [0.4, 0.5) is 16.0 Å². The van der Waals surface area contributed by atoms with Crippen LogP contribution in [0.25, 0.3) is 22.5 Å². The molecule has 1 aliphatic heterocycles. The summed E-state index contributed by atoms with van der Waals surface area (Å²) in [6.07, 6.45) is 7.41. The second-order valence-electron chi connectivity index (χ2n) is 9.64. The van der Waals surface area contributed by atoms with Gasteiger partial charge in [0.05, 0.1) is 11.4 Å². The lowest BCUT2D eigenvalue weighted by molar-refractivity contribution is 0.227. The Hall–Kier alpha value is -3.88. The molecular weight excluding hydrogens is 445 g/mol. The van der Waals surface area contributed by atoms with Crippen molar-refractivity contribution in [3.8, 4) is 28.3 Å². The van der Waals surface area contributed by atoms with E-state index in [-0.39, 0.29) is 11.6 Å². The van der Waals surface area contributed by atoms with Crippen molar-refractivity contribution in [2.24, 2.45) is 13.0 Å². The van der Waals surface area contributed by atoms with Crippen molar-refractivity contribution in [1.82, 2.24) is 24.5 Å². The highest BCUT2D eigenvalue weighted by atomic mass is 19.1. The number of fused-ring (bicyclic) bond motifs is 7. The van der Waals surface area contributed by atoms with Crippen LogP contribution in [-0.2, 0) is 20.0 Å². The molecule has 2 aliphatic rings. The van der Waals surface area contributed by atoms with Crippen molar-refractivity contribution < 1.29 is 9.13 Å². The molecule has 1 aliphatic carbocycles. The van der Waals surface area contributed by atoms with Crippen LogP contribution in [0.2, 0.25) is 0 Å². The number of aromatic nitrogens is 5. The summed E-state index contributed by atoms with van der Waals surface area (Å²) in [5.41, 5.74) is 18.6. The van der Waals surface area contributed by atoms with Crippen LogP contribution in [-0.4, -0.2) is 24.5 Å². The molecule has 4 heterocycles. The van der Waals surface area contributed by atoms with Crippen LogP contribution >= 0.6 is 0 Å². The van der Waals surface area contributed by atoms with Gasteiger partial charge in [-0.15, -0.1) is 0 Å². The van der Waals surface area contributed by atoms with Gasteiger partial charge in [-0.1, -0.05) is 6.42 Å². The van der Waals surface area contributed by atoms with Gasteiger partial charge in [0.1, 0.15) is 17.7 Å². The maximum atomic E-state index is 14.3. The summed E-state index contributed by atoms with van der Waals surface area (Å²) in [6.45, 7) is 2.68.